The van der Waals surface area contributed by atoms with Gasteiger partial charge in [0, 0.05) is 12.6 Å². The summed E-state index contributed by atoms with van der Waals surface area (Å²) in [4.78, 5) is 41.6. The Morgan fingerprint density at radius 2 is 1.41 bits per heavy atom. The number of hydrogen-bond donors (Lipinski definition) is 1. The molecule has 0 aromatic heterocycles. The zero-order chi connectivity index (χ0) is 28.3. The lowest BCUT2D eigenvalue weighted by Gasteiger charge is -2.40. The number of esters is 1. The van der Waals surface area contributed by atoms with E-state index in [9.17, 15) is 14.4 Å². The van der Waals surface area contributed by atoms with Crippen molar-refractivity contribution < 1.29 is 38.1 Å². The number of hydrogen-bond acceptors (Lipinski definition) is 8. The maximum atomic E-state index is 14.1. The highest BCUT2D eigenvalue weighted by atomic mass is 16.5. The van der Waals surface area contributed by atoms with Crippen LogP contribution in [-0.4, -0.2) is 65.3 Å². The third-order valence-electron chi connectivity index (χ3n) is 6.80. The molecule has 10 heteroatoms. The summed E-state index contributed by atoms with van der Waals surface area (Å²) in [5, 5.41) is 2.88. The van der Waals surface area contributed by atoms with Crippen molar-refractivity contribution in [3.63, 3.8) is 0 Å². The van der Waals surface area contributed by atoms with Crippen molar-refractivity contribution in [3.05, 3.63) is 76.9 Å². The van der Waals surface area contributed by atoms with Crippen LogP contribution in [0.25, 0.3) is 0 Å². The number of likely N-dealkylation sites (N-methyl/N-ethyl adjacent to an activating group) is 1. The maximum Gasteiger partial charge on any atom is 0.339 e. The van der Waals surface area contributed by atoms with Crippen LogP contribution in [0.2, 0.25) is 0 Å². The first kappa shape index (κ1) is 27.3. The molecule has 4 rings (SSSR count). The molecule has 2 amide bonds. The Hall–Kier alpha value is -4.73. The number of benzene rings is 3. The molecule has 0 fully saturated rings. The van der Waals surface area contributed by atoms with Gasteiger partial charge < -0.3 is 33.9 Å². The van der Waals surface area contributed by atoms with Crippen LogP contribution in [0.5, 0.6) is 23.0 Å². The van der Waals surface area contributed by atoms with E-state index in [0.717, 1.165) is 0 Å². The van der Waals surface area contributed by atoms with Crippen LogP contribution in [0, 0.1) is 0 Å². The maximum absolute atomic E-state index is 14.1. The second-order valence-corrected chi connectivity index (χ2v) is 8.77. The van der Waals surface area contributed by atoms with Gasteiger partial charge in [0.2, 0.25) is 5.91 Å². The fourth-order valence-electron chi connectivity index (χ4n) is 4.88. The Kier molecular flexibility index (Phi) is 7.94. The van der Waals surface area contributed by atoms with E-state index in [1.165, 1.54) is 40.4 Å². The highest BCUT2D eigenvalue weighted by molar-refractivity contribution is 6.07. The smallest absolute Gasteiger partial charge is 0.339 e. The van der Waals surface area contributed by atoms with E-state index in [1.807, 2.05) is 0 Å². The minimum atomic E-state index is -0.911. The van der Waals surface area contributed by atoms with Gasteiger partial charge in [0.15, 0.2) is 23.0 Å². The third kappa shape index (κ3) is 4.93. The van der Waals surface area contributed by atoms with Crippen molar-refractivity contribution in [2.45, 2.75) is 12.0 Å². The second kappa shape index (κ2) is 11.3. The summed E-state index contributed by atoms with van der Waals surface area (Å²) in [5.74, 6) is -0.569. The van der Waals surface area contributed by atoms with Crippen molar-refractivity contribution in [2.24, 2.45) is 0 Å². The Balaban J connectivity index is 1.91. The summed E-state index contributed by atoms with van der Waals surface area (Å²) in [7, 11) is 8.89. The predicted octanol–water partition coefficient (Wildman–Crippen LogP) is 4.06. The monoisotopic (exact) mass is 534 g/mol. The third-order valence-corrected chi connectivity index (χ3v) is 6.80. The van der Waals surface area contributed by atoms with Gasteiger partial charge in [-0.25, -0.2) is 4.79 Å². The molecule has 39 heavy (non-hydrogen) atoms. The van der Waals surface area contributed by atoms with Gasteiger partial charge in [-0.05, 0) is 47.5 Å². The number of carbonyl (C=O) groups excluding carboxylic acids is 3. The molecule has 1 aliphatic rings. The SMILES string of the molecule is COC(=O)c1ccccc1NC(=O)[C@H]1c2cc(OC)c(OC)cc2C(=O)N(C)[C@@H]1c1ccc(OC)c(OC)c1. The van der Waals surface area contributed by atoms with Crippen LogP contribution in [0.15, 0.2) is 54.6 Å². The Morgan fingerprint density at radius 3 is 2.05 bits per heavy atom. The highest BCUT2D eigenvalue weighted by Crippen LogP contribution is 2.47. The van der Waals surface area contributed by atoms with Gasteiger partial charge in [0.05, 0.1) is 58.8 Å². The number of anilines is 1. The van der Waals surface area contributed by atoms with E-state index < -0.39 is 23.8 Å². The van der Waals surface area contributed by atoms with Gasteiger partial charge in [-0.1, -0.05) is 18.2 Å². The number of ether oxygens (including phenoxy) is 5. The van der Waals surface area contributed by atoms with Gasteiger partial charge in [-0.2, -0.15) is 0 Å². The zero-order valence-corrected chi connectivity index (χ0v) is 22.6. The lowest BCUT2D eigenvalue weighted by atomic mass is 9.79. The van der Waals surface area contributed by atoms with E-state index in [0.29, 0.717) is 39.7 Å². The molecule has 3 aromatic carbocycles. The number of para-hydroxylation sites is 1. The summed E-state index contributed by atoms with van der Waals surface area (Å²) in [6, 6.07) is 14.3. The molecular weight excluding hydrogens is 504 g/mol. The van der Waals surface area contributed by atoms with E-state index in [4.69, 9.17) is 23.7 Å². The molecule has 1 heterocycles. The topological polar surface area (TPSA) is 113 Å². The van der Waals surface area contributed by atoms with Gasteiger partial charge in [0.25, 0.3) is 5.91 Å². The van der Waals surface area contributed by atoms with Crippen LogP contribution in [0.3, 0.4) is 0 Å². The van der Waals surface area contributed by atoms with Crippen molar-refractivity contribution in [2.75, 3.05) is 47.9 Å². The minimum absolute atomic E-state index is 0.198. The molecule has 0 radical (unpaired) electrons. The molecular formula is C29H30N2O8. The van der Waals surface area contributed by atoms with Crippen LogP contribution in [0.1, 0.15) is 43.8 Å². The molecule has 0 saturated heterocycles. The highest BCUT2D eigenvalue weighted by Gasteiger charge is 2.44. The molecule has 1 aliphatic heterocycles. The molecule has 0 saturated carbocycles. The summed E-state index contributed by atoms with van der Waals surface area (Å²) in [5.41, 5.74) is 1.87. The van der Waals surface area contributed by atoms with Crippen LogP contribution in [-0.2, 0) is 9.53 Å². The molecule has 10 nitrogen and oxygen atoms in total. The number of methoxy groups -OCH3 is 5. The summed E-state index contributed by atoms with van der Waals surface area (Å²) in [6.45, 7) is 0. The Bertz CT molecular complexity index is 1420. The molecule has 0 aliphatic carbocycles. The van der Waals surface area contributed by atoms with Crippen LogP contribution in [0.4, 0.5) is 5.69 Å². The van der Waals surface area contributed by atoms with Crippen molar-refractivity contribution in [1.29, 1.82) is 0 Å². The Labute approximate surface area is 226 Å². The van der Waals surface area contributed by atoms with Crippen molar-refractivity contribution >= 4 is 23.5 Å². The number of nitrogens with zero attached hydrogens (tertiary/aromatic N) is 1. The lowest BCUT2D eigenvalue weighted by Crippen LogP contribution is -2.44. The number of fused-ring (bicyclic) bond motifs is 1. The first-order valence-corrected chi connectivity index (χ1v) is 12.0. The summed E-state index contributed by atoms with van der Waals surface area (Å²) >= 11 is 0. The molecule has 204 valence electrons. The second-order valence-electron chi connectivity index (χ2n) is 8.77. The number of carbonyl (C=O) groups is 3. The van der Waals surface area contributed by atoms with E-state index in [2.05, 4.69) is 5.32 Å². The molecule has 0 spiro atoms. The van der Waals surface area contributed by atoms with E-state index in [1.54, 1.807) is 61.6 Å². The zero-order valence-electron chi connectivity index (χ0n) is 22.6. The fraction of sp³-hybridized carbons (Fsp3) is 0.276. The van der Waals surface area contributed by atoms with Crippen LogP contribution < -0.4 is 24.3 Å². The molecule has 0 bridgehead atoms. The largest absolute Gasteiger partial charge is 0.493 e. The molecule has 1 N–H and O–H groups in total. The fourth-order valence-corrected chi connectivity index (χ4v) is 4.88. The predicted molar refractivity (Wildman–Crippen MR) is 143 cm³/mol. The van der Waals surface area contributed by atoms with Gasteiger partial charge in [0.1, 0.15) is 0 Å². The van der Waals surface area contributed by atoms with Crippen molar-refractivity contribution in [3.8, 4) is 23.0 Å². The molecule has 3 aromatic rings. The van der Waals surface area contributed by atoms with Gasteiger partial charge >= 0.3 is 5.97 Å². The first-order valence-electron chi connectivity index (χ1n) is 12.0. The van der Waals surface area contributed by atoms with E-state index >= 15 is 0 Å². The first-order chi connectivity index (χ1) is 18.8. The van der Waals surface area contributed by atoms with E-state index in [-0.39, 0.29) is 17.2 Å². The average molecular weight is 535 g/mol. The summed E-state index contributed by atoms with van der Waals surface area (Å²) in [6.07, 6.45) is 0. The molecule has 2 atom stereocenters. The van der Waals surface area contributed by atoms with Crippen LogP contribution >= 0.6 is 0 Å². The van der Waals surface area contributed by atoms with Crippen molar-refractivity contribution in [1.82, 2.24) is 4.90 Å². The molecule has 0 unspecified atom stereocenters. The lowest BCUT2D eigenvalue weighted by molar-refractivity contribution is -0.119. The minimum Gasteiger partial charge on any atom is -0.493 e. The quantitative estimate of drug-likeness (QED) is 0.431. The average Bonchev–Trinajstić information content (AvgIpc) is 2.97. The normalized spacial score (nSPS) is 16.2. The van der Waals surface area contributed by atoms with Gasteiger partial charge in [-0.3, -0.25) is 9.59 Å². The number of nitrogens with one attached hydrogen (secondary N) is 1. The summed E-state index contributed by atoms with van der Waals surface area (Å²) < 4.78 is 26.7. The standard InChI is InChI=1S/C29H30N2O8/c1-31-26(16-11-12-21(35-2)22(13-16)36-3)25(18-14-23(37-4)24(38-5)15-19(18)28(31)33)27(32)30-20-10-8-7-9-17(20)29(34)39-6/h7-15,25-26H,1-6H3,(H,30,32)/t25-,26+/m0/s1. The number of rotatable bonds is 8. The number of amides is 2. The Morgan fingerprint density at radius 1 is 0.795 bits per heavy atom. The van der Waals surface area contributed by atoms with Gasteiger partial charge in [-0.15, -0.1) is 0 Å².